The zero-order chi connectivity index (χ0) is 13.0. The number of amides is 1. The number of carbonyl (C=O) groups excluding carboxylic acids is 1. The molecule has 1 amide bonds. The zero-order valence-electron chi connectivity index (χ0n) is 9.21. The van der Waals surface area contributed by atoms with Crippen molar-refractivity contribution in [3.63, 3.8) is 0 Å². The molecule has 0 aliphatic carbocycles. The Morgan fingerprint density at radius 1 is 1.39 bits per heavy atom. The maximum atomic E-state index is 11.6. The number of carboxylic acids is 1. The molecule has 0 spiro atoms. The molecule has 0 atom stereocenters. The molecule has 0 fully saturated rings. The van der Waals surface area contributed by atoms with Crippen molar-refractivity contribution in [2.75, 3.05) is 6.54 Å². The fraction of sp³-hybridized carbons (Fsp3) is 0.200. The lowest BCUT2D eigenvalue weighted by atomic mass is 10.3. The summed E-state index contributed by atoms with van der Waals surface area (Å²) in [5, 5.41) is 17.5. The molecule has 0 unspecified atom stereocenters. The van der Waals surface area contributed by atoms with Crippen LogP contribution in [-0.4, -0.2) is 38.7 Å². The summed E-state index contributed by atoms with van der Waals surface area (Å²) in [7, 11) is 0. The standard InChI is InChI=1S/C10H10N4O4/c15-9(6-1-2-7(18-6)10(16)17)11-4-3-8-12-5-13-14-8/h1-2,5H,3-4H2,(H,11,15)(H,16,17)(H,12,13,14). The lowest BCUT2D eigenvalue weighted by Crippen LogP contribution is -2.25. The number of rotatable bonds is 5. The lowest BCUT2D eigenvalue weighted by Gasteiger charge is -2.00. The fourth-order valence-electron chi connectivity index (χ4n) is 1.31. The summed E-state index contributed by atoms with van der Waals surface area (Å²) in [6.45, 7) is 0.344. The van der Waals surface area contributed by atoms with Crippen LogP contribution in [0.15, 0.2) is 22.9 Å². The molecule has 3 N–H and O–H groups in total. The fourth-order valence-corrected chi connectivity index (χ4v) is 1.31. The molecule has 8 heteroatoms. The molecule has 2 aromatic rings. The summed E-state index contributed by atoms with van der Waals surface area (Å²) < 4.78 is 4.85. The Morgan fingerprint density at radius 2 is 2.17 bits per heavy atom. The van der Waals surface area contributed by atoms with Crippen LogP contribution in [0.5, 0.6) is 0 Å². The average Bonchev–Trinajstić information content (AvgIpc) is 2.99. The van der Waals surface area contributed by atoms with E-state index in [-0.39, 0.29) is 11.5 Å². The third kappa shape index (κ3) is 2.73. The highest BCUT2D eigenvalue weighted by Crippen LogP contribution is 2.07. The van der Waals surface area contributed by atoms with Crippen LogP contribution in [0.2, 0.25) is 0 Å². The number of nitrogens with one attached hydrogen (secondary N) is 2. The van der Waals surface area contributed by atoms with Gasteiger partial charge in [0.1, 0.15) is 12.2 Å². The monoisotopic (exact) mass is 250 g/mol. The van der Waals surface area contributed by atoms with E-state index in [2.05, 4.69) is 20.5 Å². The summed E-state index contributed by atoms with van der Waals surface area (Å²) >= 11 is 0. The van der Waals surface area contributed by atoms with Gasteiger partial charge >= 0.3 is 5.97 Å². The molecule has 2 aromatic heterocycles. The van der Waals surface area contributed by atoms with Crippen molar-refractivity contribution in [1.29, 1.82) is 0 Å². The topological polar surface area (TPSA) is 121 Å². The minimum Gasteiger partial charge on any atom is -0.475 e. The van der Waals surface area contributed by atoms with Crippen LogP contribution in [0.4, 0.5) is 0 Å². The first-order chi connectivity index (χ1) is 8.66. The molecule has 0 saturated carbocycles. The van der Waals surface area contributed by atoms with Crippen LogP contribution in [0, 0.1) is 0 Å². The molecule has 8 nitrogen and oxygen atoms in total. The minimum atomic E-state index is -1.21. The van der Waals surface area contributed by atoms with Crippen molar-refractivity contribution < 1.29 is 19.1 Å². The first-order valence-corrected chi connectivity index (χ1v) is 5.12. The van der Waals surface area contributed by atoms with Crippen molar-refractivity contribution in [2.45, 2.75) is 6.42 Å². The van der Waals surface area contributed by atoms with Gasteiger partial charge in [0.15, 0.2) is 5.76 Å². The summed E-state index contributed by atoms with van der Waals surface area (Å²) in [4.78, 5) is 26.0. The Bertz CT molecular complexity index is 546. The second kappa shape index (κ2) is 5.13. The number of carbonyl (C=O) groups is 2. The Morgan fingerprint density at radius 3 is 2.78 bits per heavy atom. The van der Waals surface area contributed by atoms with E-state index in [0.29, 0.717) is 18.8 Å². The average molecular weight is 250 g/mol. The van der Waals surface area contributed by atoms with Crippen LogP contribution < -0.4 is 5.32 Å². The Labute approximate surface area is 101 Å². The van der Waals surface area contributed by atoms with Crippen LogP contribution in [0.1, 0.15) is 26.9 Å². The van der Waals surface area contributed by atoms with Crippen LogP contribution >= 0.6 is 0 Å². The van der Waals surface area contributed by atoms with Gasteiger partial charge < -0.3 is 14.8 Å². The van der Waals surface area contributed by atoms with Gasteiger partial charge in [-0.05, 0) is 12.1 Å². The van der Waals surface area contributed by atoms with Gasteiger partial charge in [0, 0.05) is 13.0 Å². The number of nitrogens with zero attached hydrogens (tertiary/aromatic N) is 2. The van der Waals surface area contributed by atoms with E-state index in [0.717, 1.165) is 0 Å². The molecular weight excluding hydrogens is 240 g/mol. The van der Waals surface area contributed by atoms with Gasteiger partial charge in [-0.15, -0.1) is 0 Å². The van der Waals surface area contributed by atoms with Crippen LogP contribution in [0.3, 0.4) is 0 Å². The molecule has 2 rings (SSSR count). The zero-order valence-corrected chi connectivity index (χ0v) is 9.21. The molecule has 94 valence electrons. The molecule has 0 saturated heterocycles. The van der Waals surface area contributed by atoms with E-state index in [1.807, 2.05) is 0 Å². The van der Waals surface area contributed by atoms with Gasteiger partial charge in [-0.1, -0.05) is 0 Å². The van der Waals surface area contributed by atoms with Crippen molar-refractivity contribution in [3.8, 4) is 0 Å². The predicted octanol–water partition coefficient (Wildman–Crippen LogP) is 0.0684. The SMILES string of the molecule is O=C(O)c1ccc(C(=O)NCCc2ncn[nH]2)o1. The number of H-pyrrole nitrogens is 1. The molecular formula is C10H10N4O4. The van der Waals surface area contributed by atoms with E-state index in [1.165, 1.54) is 18.5 Å². The number of furan rings is 1. The van der Waals surface area contributed by atoms with E-state index >= 15 is 0 Å². The van der Waals surface area contributed by atoms with E-state index in [4.69, 9.17) is 9.52 Å². The highest BCUT2D eigenvalue weighted by molar-refractivity contribution is 5.93. The van der Waals surface area contributed by atoms with Gasteiger partial charge in [-0.25, -0.2) is 9.78 Å². The summed E-state index contributed by atoms with van der Waals surface area (Å²) in [6.07, 6.45) is 1.88. The number of hydrogen-bond acceptors (Lipinski definition) is 5. The van der Waals surface area contributed by atoms with Gasteiger partial charge in [0.2, 0.25) is 5.76 Å². The quantitative estimate of drug-likeness (QED) is 0.690. The Balaban J connectivity index is 1.85. The number of hydrogen-bond donors (Lipinski definition) is 3. The molecule has 2 heterocycles. The third-order valence-corrected chi connectivity index (χ3v) is 2.15. The lowest BCUT2D eigenvalue weighted by molar-refractivity contribution is 0.0659. The number of carboxylic acid groups (broad SMARTS) is 1. The van der Waals surface area contributed by atoms with Crippen molar-refractivity contribution in [3.05, 3.63) is 35.8 Å². The Hall–Kier alpha value is -2.64. The van der Waals surface area contributed by atoms with Crippen molar-refractivity contribution >= 4 is 11.9 Å². The Kier molecular flexibility index (Phi) is 3.37. The second-order valence-electron chi connectivity index (χ2n) is 3.41. The first kappa shape index (κ1) is 11.8. The second-order valence-corrected chi connectivity index (χ2v) is 3.41. The smallest absolute Gasteiger partial charge is 0.371 e. The predicted molar refractivity (Wildman–Crippen MR) is 58.1 cm³/mol. The number of aromatic nitrogens is 3. The molecule has 18 heavy (non-hydrogen) atoms. The van der Waals surface area contributed by atoms with Gasteiger partial charge in [-0.3, -0.25) is 9.89 Å². The first-order valence-electron chi connectivity index (χ1n) is 5.12. The molecule has 0 bridgehead atoms. The van der Waals surface area contributed by atoms with E-state index in [9.17, 15) is 9.59 Å². The molecule has 0 aliphatic rings. The normalized spacial score (nSPS) is 10.2. The number of aromatic amines is 1. The van der Waals surface area contributed by atoms with Gasteiger partial charge in [0.25, 0.3) is 5.91 Å². The maximum Gasteiger partial charge on any atom is 0.371 e. The van der Waals surface area contributed by atoms with E-state index in [1.54, 1.807) is 0 Å². The summed E-state index contributed by atoms with van der Waals surface area (Å²) in [5.74, 6) is -1.33. The number of aromatic carboxylic acids is 1. The summed E-state index contributed by atoms with van der Waals surface area (Å²) in [6, 6.07) is 2.54. The highest BCUT2D eigenvalue weighted by atomic mass is 16.4. The van der Waals surface area contributed by atoms with Crippen LogP contribution in [-0.2, 0) is 6.42 Å². The molecule has 0 aromatic carbocycles. The maximum absolute atomic E-state index is 11.6. The van der Waals surface area contributed by atoms with Crippen molar-refractivity contribution in [2.24, 2.45) is 0 Å². The van der Waals surface area contributed by atoms with E-state index < -0.39 is 11.9 Å². The molecule has 0 radical (unpaired) electrons. The van der Waals surface area contributed by atoms with Gasteiger partial charge in [-0.2, -0.15) is 5.10 Å². The third-order valence-electron chi connectivity index (χ3n) is 2.15. The van der Waals surface area contributed by atoms with Crippen LogP contribution in [0.25, 0.3) is 0 Å². The summed E-state index contributed by atoms with van der Waals surface area (Å²) in [5.41, 5.74) is 0. The molecule has 0 aliphatic heterocycles. The van der Waals surface area contributed by atoms with Gasteiger partial charge in [0.05, 0.1) is 0 Å². The minimum absolute atomic E-state index is 0.0371. The van der Waals surface area contributed by atoms with Crippen molar-refractivity contribution in [1.82, 2.24) is 20.5 Å². The largest absolute Gasteiger partial charge is 0.475 e. The highest BCUT2D eigenvalue weighted by Gasteiger charge is 2.14.